The SMILES string of the molecule is Cc1cc(C)c2nc(-c3cc(SC(F)(F)F)nn3-c3ncccc3Cl)oc(=O)c2c1. The molecule has 0 unspecified atom stereocenters. The highest BCUT2D eigenvalue weighted by Crippen LogP contribution is 2.38. The molecule has 0 atom stereocenters. The number of nitrogens with zero attached hydrogens (tertiary/aromatic N) is 4. The Morgan fingerprint density at radius 3 is 2.67 bits per heavy atom. The molecule has 4 aromatic rings. The topological polar surface area (TPSA) is 73.8 Å². The quantitative estimate of drug-likeness (QED) is 0.392. The minimum absolute atomic E-state index is 0.0151. The smallest absolute Gasteiger partial charge is 0.401 e. The van der Waals surface area contributed by atoms with Crippen LogP contribution >= 0.6 is 23.4 Å². The van der Waals surface area contributed by atoms with Crippen molar-refractivity contribution in [3.05, 3.63) is 63.1 Å². The maximum absolute atomic E-state index is 12.9. The molecule has 154 valence electrons. The molecule has 30 heavy (non-hydrogen) atoms. The van der Waals surface area contributed by atoms with Gasteiger partial charge in [0.25, 0.3) is 0 Å². The Kier molecular flexibility index (Phi) is 5.07. The highest BCUT2D eigenvalue weighted by Gasteiger charge is 2.32. The number of alkyl halides is 3. The molecule has 0 spiro atoms. The number of benzene rings is 1. The van der Waals surface area contributed by atoms with E-state index in [2.05, 4.69) is 15.1 Å². The zero-order valence-corrected chi connectivity index (χ0v) is 17.1. The molecule has 0 aliphatic carbocycles. The summed E-state index contributed by atoms with van der Waals surface area (Å²) in [5, 5.41) is 4.02. The Morgan fingerprint density at radius 1 is 1.20 bits per heavy atom. The lowest BCUT2D eigenvalue weighted by Crippen LogP contribution is -2.08. The van der Waals surface area contributed by atoms with E-state index < -0.39 is 22.9 Å². The van der Waals surface area contributed by atoms with Crippen LogP contribution in [0.25, 0.3) is 28.3 Å². The van der Waals surface area contributed by atoms with Crippen LogP contribution < -0.4 is 5.63 Å². The molecule has 11 heteroatoms. The van der Waals surface area contributed by atoms with Crippen molar-refractivity contribution in [2.75, 3.05) is 0 Å². The predicted octanol–water partition coefficient (Wildman–Crippen LogP) is 5.32. The van der Waals surface area contributed by atoms with E-state index in [1.165, 1.54) is 12.3 Å². The summed E-state index contributed by atoms with van der Waals surface area (Å²) < 4.78 is 45.2. The lowest BCUT2D eigenvalue weighted by molar-refractivity contribution is -0.0329. The Labute approximate surface area is 176 Å². The molecular formula is C19H12ClF3N4O2S. The van der Waals surface area contributed by atoms with Gasteiger partial charge in [-0.1, -0.05) is 17.7 Å². The normalized spacial score (nSPS) is 11.9. The highest BCUT2D eigenvalue weighted by atomic mass is 35.5. The van der Waals surface area contributed by atoms with Crippen molar-refractivity contribution in [2.24, 2.45) is 0 Å². The lowest BCUT2D eigenvalue weighted by Gasteiger charge is -2.08. The minimum atomic E-state index is -4.56. The summed E-state index contributed by atoms with van der Waals surface area (Å²) in [6, 6.07) is 7.70. The molecule has 0 saturated carbocycles. The van der Waals surface area contributed by atoms with Crippen LogP contribution in [0.5, 0.6) is 0 Å². The van der Waals surface area contributed by atoms with Crippen molar-refractivity contribution in [2.45, 2.75) is 24.4 Å². The van der Waals surface area contributed by atoms with Gasteiger partial charge in [0.1, 0.15) is 10.7 Å². The third-order valence-corrected chi connectivity index (χ3v) is 5.07. The van der Waals surface area contributed by atoms with Gasteiger partial charge in [0.05, 0.1) is 15.9 Å². The van der Waals surface area contributed by atoms with Crippen LogP contribution in [-0.2, 0) is 0 Å². The van der Waals surface area contributed by atoms with E-state index in [4.69, 9.17) is 16.0 Å². The van der Waals surface area contributed by atoms with Crippen molar-refractivity contribution in [1.29, 1.82) is 0 Å². The molecule has 0 aliphatic rings. The monoisotopic (exact) mass is 452 g/mol. The highest BCUT2D eigenvalue weighted by molar-refractivity contribution is 8.00. The summed E-state index contributed by atoms with van der Waals surface area (Å²) in [6.45, 7) is 3.61. The number of rotatable bonds is 3. The largest absolute Gasteiger partial charge is 0.447 e. The van der Waals surface area contributed by atoms with Crippen molar-refractivity contribution >= 4 is 34.3 Å². The molecule has 0 aliphatic heterocycles. The van der Waals surface area contributed by atoms with Gasteiger partial charge in [-0.3, -0.25) is 0 Å². The van der Waals surface area contributed by atoms with E-state index in [0.29, 0.717) is 5.52 Å². The summed E-state index contributed by atoms with van der Waals surface area (Å²) in [5.74, 6) is -0.115. The van der Waals surface area contributed by atoms with Gasteiger partial charge in [-0.05, 0) is 43.2 Å². The summed E-state index contributed by atoms with van der Waals surface area (Å²) >= 11 is 5.76. The zero-order valence-electron chi connectivity index (χ0n) is 15.5. The van der Waals surface area contributed by atoms with Gasteiger partial charge < -0.3 is 4.42 Å². The summed E-state index contributed by atoms with van der Waals surface area (Å²) in [7, 11) is 0. The van der Waals surface area contributed by atoms with Gasteiger partial charge in [0.15, 0.2) is 5.82 Å². The van der Waals surface area contributed by atoms with Gasteiger partial charge in [-0.15, -0.1) is 0 Å². The fraction of sp³-hybridized carbons (Fsp3) is 0.158. The summed E-state index contributed by atoms with van der Waals surface area (Å²) in [6.07, 6.45) is 1.42. The van der Waals surface area contributed by atoms with Crippen molar-refractivity contribution in [3.63, 3.8) is 0 Å². The molecule has 0 saturated heterocycles. The fourth-order valence-electron chi connectivity index (χ4n) is 3.02. The third-order valence-electron chi connectivity index (χ3n) is 4.13. The Morgan fingerprint density at radius 2 is 1.97 bits per heavy atom. The first-order valence-corrected chi connectivity index (χ1v) is 9.71. The van der Waals surface area contributed by atoms with E-state index in [0.717, 1.165) is 21.9 Å². The second-order valence-electron chi connectivity index (χ2n) is 6.42. The molecule has 0 radical (unpaired) electrons. The number of fused-ring (bicyclic) bond motifs is 1. The van der Waals surface area contributed by atoms with Gasteiger partial charge >= 0.3 is 11.1 Å². The second kappa shape index (κ2) is 7.44. The number of aromatic nitrogens is 4. The molecule has 4 rings (SSSR count). The molecular weight excluding hydrogens is 441 g/mol. The van der Waals surface area contributed by atoms with Crippen LogP contribution in [-0.4, -0.2) is 25.3 Å². The molecule has 0 bridgehead atoms. The number of thioether (sulfide) groups is 1. The van der Waals surface area contributed by atoms with Crippen LogP contribution in [0.15, 0.2) is 50.8 Å². The Bertz CT molecular complexity index is 1330. The first kappa shape index (κ1) is 20.4. The van der Waals surface area contributed by atoms with Gasteiger partial charge in [-0.2, -0.15) is 18.3 Å². The van der Waals surface area contributed by atoms with Crippen LogP contribution in [0.4, 0.5) is 13.2 Å². The molecule has 3 heterocycles. The molecule has 3 aromatic heterocycles. The number of aryl methyl sites for hydroxylation is 2. The van der Waals surface area contributed by atoms with E-state index >= 15 is 0 Å². The Hall–Kier alpha value is -2.85. The van der Waals surface area contributed by atoms with Gasteiger partial charge in [0, 0.05) is 24.0 Å². The average Bonchev–Trinajstić information content (AvgIpc) is 3.04. The Balaban J connectivity index is 1.98. The molecule has 1 aromatic carbocycles. The molecule has 0 amide bonds. The second-order valence-corrected chi connectivity index (χ2v) is 7.91. The molecule has 6 nitrogen and oxygen atoms in total. The van der Waals surface area contributed by atoms with Gasteiger partial charge in [-0.25, -0.2) is 19.4 Å². The number of pyridine rings is 1. The lowest BCUT2D eigenvalue weighted by atomic mass is 10.1. The van der Waals surface area contributed by atoms with Gasteiger partial charge in [0.2, 0.25) is 5.89 Å². The maximum atomic E-state index is 12.9. The van der Waals surface area contributed by atoms with Crippen molar-refractivity contribution in [1.82, 2.24) is 19.7 Å². The van der Waals surface area contributed by atoms with Crippen LogP contribution in [0.3, 0.4) is 0 Å². The minimum Gasteiger partial charge on any atom is -0.401 e. The maximum Gasteiger partial charge on any atom is 0.447 e. The van der Waals surface area contributed by atoms with E-state index in [-0.39, 0.29) is 32.8 Å². The molecule has 0 fully saturated rings. The zero-order chi connectivity index (χ0) is 21.6. The van der Waals surface area contributed by atoms with Crippen molar-refractivity contribution in [3.8, 4) is 17.4 Å². The van der Waals surface area contributed by atoms with Crippen LogP contribution in [0.1, 0.15) is 11.1 Å². The standard InChI is InChI=1S/C19H12ClF3N4O2S/c1-9-6-10(2)15-11(7-9)18(28)29-17(25-15)13-8-14(30-19(21,22)23)26-27(13)16-12(20)4-3-5-24-16/h3-8H,1-2H3. The van der Waals surface area contributed by atoms with E-state index in [9.17, 15) is 18.0 Å². The van der Waals surface area contributed by atoms with E-state index in [1.54, 1.807) is 19.1 Å². The fourth-order valence-corrected chi connectivity index (χ4v) is 3.75. The predicted molar refractivity (Wildman–Crippen MR) is 107 cm³/mol. The van der Waals surface area contributed by atoms with Crippen LogP contribution in [0, 0.1) is 13.8 Å². The molecule has 0 N–H and O–H groups in total. The average molecular weight is 453 g/mol. The first-order valence-electron chi connectivity index (χ1n) is 8.51. The first-order chi connectivity index (χ1) is 14.1. The number of halogens is 4. The number of hydrogen-bond donors (Lipinski definition) is 0. The summed E-state index contributed by atoms with van der Waals surface area (Å²) in [5.41, 5.74) is -3.23. The van der Waals surface area contributed by atoms with Crippen molar-refractivity contribution < 1.29 is 17.6 Å². The number of hydrogen-bond acceptors (Lipinski definition) is 6. The van der Waals surface area contributed by atoms with Crippen LogP contribution in [0.2, 0.25) is 5.02 Å². The third kappa shape index (κ3) is 3.92. The van der Waals surface area contributed by atoms with E-state index in [1.807, 2.05) is 13.0 Å². The summed E-state index contributed by atoms with van der Waals surface area (Å²) in [4.78, 5) is 21.0.